The van der Waals surface area contributed by atoms with Gasteiger partial charge in [-0.15, -0.1) is 0 Å². The van der Waals surface area contributed by atoms with Crippen LogP contribution < -0.4 is 10.8 Å². The van der Waals surface area contributed by atoms with Gasteiger partial charge in [0.25, 0.3) is 5.91 Å². The number of carbonyl (C=O) groups is 2. The summed E-state index contributed by atoms with van der Waals surface area (Å²) in [6.07, 6.45) is 5.02. The molecule has 0 radical (unpaired) electrons. The summed E-state index contributed by atoms with van der Waals surface area (Å²) in [5.74, 6) is -0.940. The molecule has 80 valence electrons. The first-order valence-electron chi connectivity index (χ1n) is 4.29. The van der Waals surface area contributed by atoms with Gasteiger partial charge in [0, 0.05) is 25.2 Å². The molecule has 2 amide bonds. The Morgan fingerprint density at radius 3 is 2.87 bits per heavy atom. The quantitative estimate of drug-likeness (QED) is 0.437. The van der Waals surface area contributed by atoms with E-state index < -0.39 is 5.91 Å². The van der Waals surface area contributed by atoms with Crippen LogP contribution in [0.15, 0.2) is 29.0 Å². The van der Waals surface area contributed by atoms with Crippen molar-refractivity contribution in [1.29, 1.82) is 0 Å². The summed E-state index contributed by atoms with van der Waals surface area (Å²) in [6, 6.07) is 0. The van der Waals surface area contributed by atoms with E-state index in [1.165, 1.54) is 24.7 Å². The van der Waals surface area contributed by atoms with Crippen molar-refractivity contribution in [1.82, 2.24) is 10.8 Å². The molecule has 6 heteroatoms. The normalized spacial score (nSPS) is 14.8. The first-order valence-corrected chi connectivity index (χ1v) is 4.29. The van der Waals surface area contributed by atoms with Crippen LogP contribution in [0.4, 0.5) is 0 Å². The van der Waals surface area contributed by atoms with Crippen LogP contribution in [-0.2, 0) is 9.59 Å². The monoisotopic (exact) mass is 209 g/mol. The fraction of sp³-hybridized carbons (Fsp3) is 0.222. The fourth-order valence-corrected chi connectivity index (χ4v) is 1.07. The van der Waals surface area contributed by atoms with Crippen molar-refractivity contribution in [2.24, 2.45) is 4.99 Å². The molecule has 1 heterocycles. The lowest BCUT2D eigenvalue weighted by molar-refractivity contribution is -0.122. The van der Waals surface area contributed by atoms with E-state index in [1.54, 1.807) is 6.08 Å². The van der Waals surface area contributed by atoms with Crippen molar-refractivity contribution in [3.05, 3.63) is 24.0 Å². The molecular formula is C9H11N3O3. The van der Waals surface area contributed by atoms with Crippen LogP contribution in [0.3, 0.4) is 0 Å². The van der Waals surface area contributed by atoms with Crippen LogP contribution in [0.25, 0.3) is 0 Å². The molecule has 0 fully saturated rings. The van der Waals surface area contributed by atoms with E-state index in [-0.39, 0.29) is 11.6 Å². The summed E-state index contributed by atoms with van der Waals surface area (Å²) in [7, 11) is 0. The van der Waals surface area contributed by atoms with E-state index in [0.29, 0.717) is 12.1 Å². The van der Waals surface area contributed by atoms with Gasteiger partial charge < -0.3 is 5.32 Å². The van der Waals surface area contributed by atoms with E-state index in [1.807, 2.05) is 0 Å². The van der Waals surface area contributed by atoms with Crippen LogP contribution in [0.2, 0.25) is 0 Å². The highest BCUT2D eigenvalue weighted by atomic mass is 16.5. The van der Waals surface area contributed by atoms with Crippen LogP contribution in [0.5, 0.6) is 0 Å². The fourth-order valence-electron chi connectivity index (χ4n) is 1.07. The van der Waals surface area contributed by atoms with Gasteiger partial charge in [0.1, 0.15) is 5.71 Å². The highest BCUT2D eigenvalue weighted by molar-refractivity contribution is 6.43. The number of nitrogens with zero attached hydrogens (tertiary/aromatic N) is 1. The number of allylic oxidation sites excluding steroid dienone is 1. The first kappa shape index (κ1) is 11.1. The SMILES string of the molecule is CC(=O)NC1=CC(C(=O)NO)=NC=CC1. The topological polar surface area (TPSA) is 90.8 Å². The third-order valence-corrected chi connectivity index (χ3v) is 1.64. The number of amides is 2. The third kappa shape index (κ3) is 3.35. The Bertz CT molecular complexity index is 369. The van der Waals surface area contributed by atoms with Crippen LogP contribution >= 0.6 is 0 Å². The molecule has 0 saturated carbocycles. The van der Waals surface area contributed by atoms with Gasteiger partial charge in [-0.05, 0) is 6.08 Å². The lowest BCUT2D eigenvalue weighted by atomic mass is 10.2. The second-order valence-corrected chi connectivity index (χ2v) is 2.89. The molecule has 3 N–H and O–H groups in total. The van der Waals surface area contributed by atoms with Crippen molar-refractivity contribution < 1.29 is 14.8 Å². The summed E-state index contributed by atoms with van der Waals surface area (Å²) in [5.41, 5.74) is 2.07. The van der Waals surface area contributed by atoms with Crippen LogP contribution in [-0.4, -0.2) is 22.7 Å². The first-order chi connectivity index (χ1) is 7.13. The second kappa shape index (κ2) is 5.06. The minimum absolute atomic E-state index is 0.0370. The molecule has 0 aliphatic carbocycles. The molecule has 0 unspecified atom stereocenters. The average Bonchev–Trinajstić information content (AvgIpc) is 2.41. The predicted molar refractivity (Wildman–Crippen MR) is 53.0 cm³/mol. The van der Waals surface area contributed by atoms with Gasteiger partial charge in [-0.3, -0.25) is 19.8 Å². The van der Waals surface area contributed by atoms with Gasteiger partial charge in [0.15, 0.2) is 0 Å². The summed E-state index contributed by atoms with van der Waals surface area (Å²) < 4.78 is 0. The molecule has 0 aromatic rings. The smallest absolute Gasteiger partial charge is 0.293 e. The Hall–Kier alpha value is -1.95. The average molecular weight is 209 g/mol. The van der Waals surface area contributed by atoms with Crippen molar-refractivity contribution >= 4 is 17.5 Å². The minimum atomic E-state index is -0.718. The molecule has 15 heavy (non-hydrogen) atoms. The number of aliphatic imine (C=N–C) groups is 1. The summed E-state index contributed by atoms with van der Waals surface area (Å²) in [6.45, 7) is 1.37. The third-order valence-electron chi connectivity index (χ3n) is 1.64. The van der Waals surface area contributed by atoms with E-state index in [2.05, 4.69) is 10.3 Å². The molecule has 0 saturated heterocycles. The van der Waals surface area contributed by atoms with Crippen molar-refractivity contribution in [2.75, 3.05) is 0 Å². The largest absolute Gasteiger partial charge is 0.330 e. The minimum Gasteiger partial charge on any atom is -0.330 e. The second-order valence-electron chi connectivity index (χ2n) is 2.89. The van der Waals surface area contributed by atoms with Crippen molar-refractivity contribution in [2.45, 2.75) is 13.3 Å². The molecule has 0 bridgehead atoms. The molecule has 0 spiro atoms. The predicted octanol–water partition coefficient (Wildman–Crippen LogP) is -0.130. The maximum absolute atomic E-state index is 11.1. The Balaban J connectivity index is 2.87. The zero-order valence-corrected chi connectivity index (χ0v) is 8.15. The molecule has 1 aliphatic heterocycles. The highest BCUT2D eigenvalue weighted by Gasteiger charge is 2.10. The van der Waals surface area contributed by atoms with Gasteiger partial charge in [0.2, 0.25) is 5.91 Å². The number of hydrogen-bond acceptors (Lipinski definition) is 4. The molecule has 0 aromatic carbocycles. The van der Waals surface area contributed by atoms with Crippen molar-refractivity contribution in [3.63, 3.8) is 0 Å². The number of nitrogens with one attached hydrogen (secondary N) is 2. The molecule has 6 nitrogen and oxygen atoms in total. The van der Waals surface area contributed by atoms with Crippen LogP contribution in [0, 0.1) is 0 Å². The van der Waals surface area contributed by atoms with Gasteiger partial charge in [-0.1, -0.05) is 6.08 Å². The van der Waals surface area contributed by atoms with Gasteiger partial charge >= 0.3 is 0 Å². The van der Waals surface area contributed by atoms with Crippen LogP contribution in [0.1, 0.15) is 13.3 Å². The lowest BCUT2D eigenvalue weighted by Crippen LogP contribution is -2.28. The lowest BCUT2D eigenvalue weighted by Gasteiger charge is -2.04. The molecule has 1 rings (SSSR count). The molecule has 1 aliphatic rings. The Kier molecular flexibility index (Phi) is 3.75. The Morgan fingerprint density at radius 1 is 1.53 bits per heavy atom. The maximum atomic E-state index is 11.1. The zero-order chi connectivity index (χ0) is 11.3. The van der Waals surface area contributed by atoms with Gasteiger partial charge in [0.05, 0.1) is 0 Å². The standard InChI is InChI=1S/C9H11N3O3/c1-6(13)11-7-3-2-4-10-8(5-7)9(14)12-15/h2,4-5,15H,3H2,1H3,(H,11,13)(H,12,14). The molecular weight excluding hydrogens is 198 g/mol. The molecule has 0 aromatic heterocycles. The summed E-state index contributed by atoms with van der Waals surface area (Å²) in [4.78, 5) is 25.7. The molecule has 0 atom stereocenters. The van der Waals surface area contributed by atoms with Gasteiger partial charge in [-0.2, -0.15) is 0 Å². The number of hydrogen-bond donors (Lipinski definition) is 3. The van der Waals surface area contributed by atoms with E-state index in [0.717, 1.165) is 0 Å². The number of carbonyl (C=O) groups excluding carboxylic acids is 2. The Morgan fingerprint density at radius 2 is 2.27 bits per heavy atom. The van der Waals surface area contributed by atoms with E-state index in [9.17, 15) is 9.59 Å². The van der Waals surface area contributed by atoms with E-state index in [4.69, 9.17) is 5.21 Å². The van der Waals surface area contributed by atoms with Crippen molar-refractivity contribution in [3.8, 4) is 0 Å². The number of hydroxylamine groups is 1. The van der Waals surface area contributed by atoms with Gasteiger partial charge in [-0.25, -0.2) is 5.48 Å². The Labute approximate surface area is 86.3 Å². The maximum Gasteiger partial charge on any atom is 0.293 e. The zero-order valence-electron chi connectivity index (χ0n) is 8.15. The van der Waals surface area contributed by atoms with E-state index >= 15 is 0 Å². The summed E-state index contributed by atoms with van der Waals surface area (Å²) in [5, 5.41) is 11.0. The number of rotatable bonds is 2. The summed E-state index contributed by atoms with van der Waals surface area (Å²) >= 11 is 0. The highest BCUT2D eigenvalue weighted by Crippen LogP contribution is 2.04.